The molecule has 0 bridgehead atoms. The van der Waals surface area contributed by atoms with Crippen molar-refractivity contribution in [3.8, 4) is 5.75 Å². The monoisotopic (exact) mass is 468 g/mol. The first-order valence-electron chi connectivity index (χ1n) is 11.2. The van der Waals surface area contributed by atoms with Gasteiger partial charge in [0.25, 0.3) is 5.56 Å². The molecule has 4 nitrogen and oxygen atoms in total. The number of thiazole rings is 1. The van der Waals surface area contributed by atoms with E-state index >= 15 is 0 Å². The molecule has 1 aromatic heterocycles. The van der Waals surface area contributed by atoms with Gasteiger partial charge in [-0.2, -0.15) is 0 Å². The third-order valence-electron chi connectivity index (χ3n) is 6.47. The fourth-order valence-electron chi connectivity index (χ4n) is 4.90. The van der Waals surface area contributed by atoms with Gasteiger partial charge in [-0.15, -0.1) is 0 Å². The van der Waals surface area contributed by atoms with Crippen LogP contribution in [0.5, 0.6) is 5.75 Å². The number of methoxy groups -OCH3 is 1. The van der Waals surface area contributed by atoms with E-state index in [2.05, 4.69) is 18.2 Å². The SMILES string of the molecule is COc1ccccc1[C@@H]1C2=C(N=c3s/c(=C\c4ccc(F)cc4)c(=O)n31)c1ccccc1CC2. The van der Waals surface area contributed by atoms with E-state index in [1.165, 1.54) is 29.0 Å². The van der Waals surface area contributed by atoms with Gasteiger partial charge < -0.3 is 4.74 Å². The summed E-state index contributed by atoms with van der Waals surface area (Å²) >= 11 is 1.36. The van der Waals surface area contributed by atoms with Crippen molar-refractivity contribution >= 4 is 23.1 Å². The molecule has 4 aromatic rings. The van der Waals surface area contributed by atoms with Gasteiger partial charge >= 0.3 is 0 Å². The highest BCUT2D eigenvalue weighted by Crippen LogP contribution is 2.43. The first kappa shape index (κ1) is 20.8. The molecule has 0 saturated carbocycles. The van der Waals surface area contributed by atoms with E-state index in [0.29, 0.717) is 9.33 Å². The number of aromatic nitrogens is 1. The normalized spacial score (nSPS) is 17.0. The Morgan fingerprint density at radius 2 is 1.79 bits per heavy atom. The van der Waals surface area contributed by atoms with Gasteiger partial charge in [0.15, 0.2) is 4.80 Å². The number of fused-ring (bicyclic) bond motifs is 3. The van der Waals surface area contributed by atoms with Crippen LogP contribution in [0.2, 0.25) is 0 Å². The maximum absolute atomic E-state index is 13.7. The van der Waals surface area contributed by atoms with Gasteiger partial charge in [-0.1, -0.05) is 65.9 Å². The third-order valence-corrected chi connectivity index (χ3v) is 7.46. The lowest BCUT2D eigenvalue weighted by Gasteiger charge is -2.31. The van der Waals surface area contributed by atoms with Crippen molar-refractivity contribution in [1.82, 2.24) is 4.57 Å². The van der Waals surface area contributed by atoms with Crippen molar-refractivity contribution in [2.75, 3.05) is 7.11 Å². The van der Waals surface area contributed by atoms with E-state index in [1.54, 1.807) is 29.9 Å². The lowest BCUT2D eigenvalue weighted by atomic mass is 9.83. The lowest BCUT2D eigenvalue weighted by Crippen LogP contribution is -2.38. The fourth-order valence-corrected chi connectivity index (χ4v) is 5.90. The molecule has 168 valence electrons. The number of nitrogens with zero attached hydrogens (tertiary/aromatic N) is 2. The first-order chi connectivity index (χ1) is 16.6. The van der Waals surface area contributed by atoms with Crippen molar-refractivity contribution in [2.45, 2.75) is 18.9 Å². The van der Waals surface area contributed by atoms with Crippen LogP contribution >= 0.6 is 11.3 Å². The Bertz CT molecular complexity index is 1630. The summed E-state index contributed by atoms with van der Waals surface area (Å²) in [5.74, 6) is 0.439. The van der Waals surface area contributed by atoms with E-state index in [4.69, 9.17) is 9.73 Å². The molecule has 0 spiro atoms. The number of benzene rings is 3. The average molecular weight is 469 g/mol. The minimum atomic E-state index is -0.305. The van der Waals surface area contributed by atoms with E-state index in [-0.39, 0.29) is 17.4 Å². The quantitative estimate of drug-likeness (QED) is 0.446. The molecule has 1 aliphatic carbocycles. The van der Waals surface area contributed by atoms with Crippen molar-refractivity contribution < 1.29 is 9.13 Å². The number of para-hydroxylation sites is 1. The zero-order valence-electron chi connectivity index (χ0n) is 18.5. The van der Waals surface area contributed by atoms with Crippen molar-refractivity contribution in [3.05, 3.63) is 126 Å². The topological polar surface area (TPSA) is 43.6 Å². The summed E-state index contributed by atoms with van der Waals surface area (Å²) in [5, 5.41) is 0. The first-order valence-corrected chi connectivity index (χ1v) is 12.0. The van der Waals surface area contributed by atoms with Crippen LogP contribution in [0.25, 0.3) is 11.8 Å². The Morgan fingerprint density at radius 3 is 2.62 bits per heavy atom. The number of ether oxygens (including phenoxy) is 1. The molecule has 0 radical (unpaired) electrons. The average Bonchev–Trinajstić information content (AvgIpc) is 3.18. The lowest BCUT2D eigenvalue weighted by molar-refractivity contribution is 0.402. The van der Waals surface area contributed by atoms with E-state index in [9.17, 15) is 9.18 Å². The number of hydrogen-bond donors (Lipinski definition) is 0. The minimum Gasteiger partial charge on any atom is -0.496 e. The molecule has 3 aromatic carbocycles. The zero-order chi connectivity index (χ0) is 23.2. The molecule has 0 unspecified atom stereocenters. The van der Waals surface area contributed by atoms with Gasteiger partial charge in [0.2, 0.25) is 0 Å². The van der Waals surface area contributed by atoms with Crippen LogP contribution in [0.4, 0.5) is 4.39 Å². The van der Waals surface area contributed by atoms with Crippen LogP contribution in [0.1, 0.15) is 34.7 Å². The van der Waals surface area contributed by atoms with Crippen LogP contribution in [0, 0.1) is 5.82 Å². The molecule has 1 aliphatic heterocycles. The second kappa shape index (κ2) is 8.22. The maximum Gasteiger partial charge on any atom is 0.271 e. The van der Waals surface area contributed by atoms with Crippen molar-refractivity contribution in [1.29, 1.82) is 0 Å². The summed E-state index contributed by atoms with van der Waals surface area (Å²) in [6, 6.07) is 22.1. The molecule has 34 heavy (non-hydrogen) atoms. The van der Waals surface area contributed by atoms with Gasteiger partial charge in [0.1, 0.15) is 11.6 Å². The second-order valence-electron chi connectivity index (χ2n) is 8.41. The Hall–Kier alpha value is -3.77. The number of allylic oxidation sites excluding steroid dienone is 1. The summed E-state index contributed by atoms with van der Waals surface area (Å²) < 4.78 is 21.5. The minimum absolute atomic E-state index is 0.102. The second-order valence-corrected chi connectivity index (χ2v) is 9.42. The smallest absolute Gasteiger partial charge is 0.271 e. The summed E-state index contributed by atoms with van der Waals surface area (Å²) in [6.07, 6.45) is 3.52. The van der Waals surface area contributed by atoms with Crippen LogP contribution in [-0.4, -0.2) is 11.7 Å². The molecule has 6 heteroatoms. The summed E-state index contributed by atoms with van der Waals surface area (Å²) in [5.41, 5.74) is 6.09. The molecule has 2 heterocycles. The highest BCUT2D eigenvalue weighted by molar-refractivity contribution is 7.07. The van der Waals surface area contributed by atoms with Crippen LogP contribution in [0.3, 0.4) is 0 Å². The number of rotatable bonds is 3. The standard InChI is InChI=1S/C28H21FN2O2S/c1-33-23-9-5-4-8-21(23)26-22-15-12-18-6-2-3-7-20(18)25(22)30-28-31(26)27(32)24(34-28)16-17-10-13-19(29)14-11-17/h2-11,13-14,16,26H,12,15H2,1H3/b24-16-/t26-/m1/s1. The molecule has 2 aliphatic rings. The largest absolute Gasteiger partial charge is 0.496 e. The Morgan fingerprint density at radius 1 is 1.03 bits per heavy atom. The Kier molecular flexibility index (Phi) is 5.03. The maximum atomic E-state index is 13.7. The third kappa shape index (κ3) is 3.33. The van der Waals surface area contributed by atoms with Gasteiger partial charge in [0, 0.05) is 11.1 Å². The molecular formula is C28H21FN2O2S. The highest BCUT2D eigenvalue weighted by atomic mass is 32.1. The molecular weight excluding hydrogens is 447 g/mol. The highest BCUT2D eigenvalue weighted by Gasteiger charge is 2.33. The molecule has 1 atom stereocenters. The fraction of sp³-hybridized carbons (Fsp3) is 0.143. The zero-order valence-corrected chi connectivity index (χ0v) is 19.3. The molecule has 0 saturated heterocycles. The van der Waals surface area contributed by atoms with Gasteiger partial charge in [-0.05, 0) is 53.8 Å². The predicted octanol–water partition coefficient (Wildman–Crippen LogP) is 4.47. The van der Waals surface area contributed by atoms with E-state index < -0.39 is 0 Å². The van der Waals surface area contributed by atoms with Gasteiger partial charge in [-0.25, -0.2) is 9.38 Å². The number of hydrogen-bond acceptors (Lipinski definition) is 4. The van der Waals surface area contributed by atoms with E-state index in [1.807, 2.05) is 30.3 Å². The van der Waals surface area contributed by atoms with E-state index in [0.717, 1.165) is 46.6 Å². The molecule has 6 rings (SSSR count). The molecule has 0 fully saturated rings. The van der Waals surface area contributed by atoms with Crippen LogP contribution < -0.4 is 19.6 Å². The Balaban J connectivity index is 1.64. The molecule has 0 amide bonds. The summed E-state index contributed by atoms with van der Waals surface area (Å²) in [7, 11) is 1.66. The van der Waals surface area contributed by atoms with Crippen molar-refractivity contribution in [3.63, 3.8) is 0 Å². The van der Waals surface area contributed by atoms with Crippen LogP contribution in [0.15, 0.2) is 88.2 Å². The van der Waals surface area contributed by atoms with Crippen molar-refractivity contribution in [2.24, 2.45) is 4.99 Å². The molecule has 0 N–H and O–H groups in total. The number of aryl methyl sites for hydroxylation is 1. The van der Waals surface area contributed by atoms with Gasteiger partial charge in [0.05, 0.1) is 23.4 Å². The summed E-state index contributed by atoms with van der Waals surface area (Å²) in [6.45, 7) is 0. The van der Waals surface area contributed by atoms with Crippen LogP contribution in [-0.2, 0) is 6.42 Å². The Labute approximate surface area is 199 Å². The summed E-state index contributed by atoms with van der Waals surface area (Å²) in [4.78, 5) is 19.4. The number of halogens is 1. The van der Waals surface area contributed by atoms with Gasteiger partial charge in [-0.3, -0.25) is 9.36 Å². The predicted molar refractivity (Wildman–Crippen MR) is 132 cm³/mol.